The van der Waals surface area contributed by atoms with Crippen LogP contribution in [0.1, 0.15) is 29.6 Å². The van der Waals surface area contributed by atoms with Crippen LogP contribution in [0.3, 0.4) is 0 Å². The van der Waals surface area contributed by atoms with E-state index < -0.39 is 0 Å². The molecule has 2 atom stereocenters. The zero-order valence-electron chi connectivity index (χ0n) is 15.3. The second-order valence-corrected chi connectivity index (χ2v) is 6.74. The van der Waals surface area contributed by atoms with Crippen molar-refractivity contribution in [3.05, 3.63) is 71.5 Å². The van der Waals surface area contributed by atoms with Crippen molar-refractivity contribution in [1.82, 2.24) is 10.2 Å². The molecule has 27 heavy (non-hydrogen) atoms. The Labute approximate surface area is 159 Å². The maximum absolute atomic E-state index is 13.3. The average Bonchev–Trinajstić information content (AvgIpc) is 2.71. The molecule has 2 unspecified atom stereocenters. The molecule has 3 rings (SSSR count). The predicted octanol–water partition coefficient (Wildman–Crippen LogP) is 2.41. The van der Waals surface area contributed by atoms with Crippen molar-refractivity contribution in [3.63, 3.8) is 0 Å². The zero-order valence-corrected chi connectivity index (χ0v) is 15.3. The highest BCUT2D eigenvalue weighted by Gasteiger charge is 2.23. The maximum Gasteiger partial charge on any atom is 0.221 e. The highest BCUT2D eigenvalue weighted by molar-refractivity contribution is 5.76. The number of nitrogens with two attached hydrogens (primary N) is 1. The molecule has 2 aromatic rings. The number of ether oxygens (including phenoxy) is 1. The van der Waals surface area contributed by atoms with Gasteiger partial charge in [0, 0.05) is 32.1 Å². The summed E-state index contributed by atoms with van der Waals surface area (Å²) in [5, 5.41) is 3.00. The van der Waals surface area contributed by atoms with E-state index in [1.54, 1.807) is 12.1 Å². The fourth-order valence-corrected chi connectivity index (χ4v) is 3.33. The number of morpholine rings is 1. The van der Waals surface area contributed by atoms with Gasteiger partial charge in [-0.2, -0.15) is 0 Å². The summed E-state index contributed by atoms with van der Waals surface area (Å²) in [6.45, 7) is 3.32. The van der Waals surface area contributed by atoms with Gasteiger partial charge in [0.15, 0.2) is 0 Å². The quantitative estimate of drug-likeness (QED) is 0.784. The van der Waals surface area contributed by atoms with Crippen LogP contribution in [0.5, 0.6) is 0 Å². The van der Waals surface area contributed by atoms with Gasteiger partial charge in [0.1, 0.15) is 5.82 Å². The molecule has 6 heteroatoms. The number of carbonyl (C=O) groups is 1. The lowest BCUT2D eigenvalue weighted by atomic mass is 10.0. The monoisotopic (exact) mass is 371 g/mol. The van der Waals surface area contributed by atoms with E-state index in [9.17, 15) is 9.18 Å². The van der Waals surface area contributed by atoms with Crippen molar-refractivity contribution in [3.8, 4) is 0 Å². The SMILES string of the molecule is NC(CC(=O)NCC(c1ccc(F)cc1)N1CCOCC1)c1ccccc1. The van der Waals surface area contributed by atoms with Crippen molar-refractivity contribution in [1.29, 1.82) is 0 Å². The molecule has 1 saturated heterocycles. The molecular formula is C21H26FN3O2. The predicted molar refractivity (Wildman–Crippen MR) is 103 cm³/mol. The van der Waals surface area contributed by atoms with Gasteiger partial charge in [0.2, 0.25) is 5.91 Å². The first kappa shape index (κ1) is 19.5. The van der Waals surface area contributed by atoms with Gasteiger partial charge in [-0.3, -0.25) is 9.69 Å². The highest BCUT2D eigenvalue weighted by Crippen LogP contribution is 2.22. The van der Waals surface area contributed by atoms with Crippen LogP contribution in [0.15, 0.2) is 54.6 Å². The molecule has 0 aromatic heterocycles. The Kier molecular flexibility index (Phi) is 6.92. The van der Waals surface area contributed by atoms with E-state index in [1.807, 2.05) is 30.3 Å². The lowest BCUT2D eigenvalue weighted by Gasteiger charge is -2.35. The third-order valence-electron chi connectivity index (χ3n) is 4.87. The van der Waals surface area contributed by atoms with E-state index in [1.165, 1.54) is 12.1 Å². The summed E-state index contributed by atoms with van der Waals surface area (Å²) in [6.07, 6.45) is 0.225. The van der Waals surface area contributed by atoms with Gasteiger partial charge >= 0.3 is 0 Å². The molecule has 1 fully saturated rings. The topological polar surface area (TPSA) is 67.6 Å². The first-order valence-electron chi connectivity index (χ1n) is 9.28. The molecule has 2 aromatic carbocycles. The first-order chi connectivity index (χ1) is 13.1. The summed E-state index contributed by atoms with van der Waals surface area (Å²) in [6, 6.07) is 15.7. The molecular weight excluding hydrogens is 345 g/mol. The van der Waals surface area contributed by atoms with E-state index in [2.05, 4.69) is 10.2 Å². The van der Waals surface area contributed by atoms with Crippen LogP contribution in [0.2, 0.25) is 0 Å². The summed E-state index contributed by atoms with van der Waals surface area (Å²) in [5.74, 6) is -0.357. The van der Waals surface area contributed by atoms with E-state index in [0.29, 0.717) is 19.8 Å². The standard InChI is InChI=1S/C21H26FN3O2/c22-18-8-6-17(7-9-18)20(25-10-12-27-13-11-25)15-24-21(26)14-19(23)16-4-2-1-3-5-16/h1-9,19-20H,10-15,23H2,(H,24,26). The Morgan fingerprint density at radius 2 is 1.74 bits per heavy atom. The van der Waals surface area contributed by atoms with E-state index in [-0.39, 0.29) is 30.2 Å². The molecule has 0 radical (unpaired) electrons. The second kappa shape index (κ2) is 9.60. The molecule has 0 saturated carbocycles. The number of nitrogens with one attached hydrogen (secondary N) is 1. The second-order valence-electron chi connectivity index (χ2n) is 6.74. The largest absolute Gasteiger partial charge is 0.379 e. The van der Waals surface area contributed by atoms with Crippen LogP contribution in [0.4, 0.5) is 4.39 Å². The summed E-state index contributed by atoms with van der Waals surface area (Å²) in [4.78, 5) is 14.7. The number of benzene rings is 2. The summed E-state index contributed by atoms with van der Waals surface area (Å²) >= 11 is 0. The Morgan fingerprint density at radius 1 is 1.07 bits per heavy atom. The number of hydrogen-bond acceptors (Lipinski definition) is 4. The Morgan fingerprint density at radius 3 is 2.41 bits per heavy atom. The molecule has 1 amide bonds. The summed E-state index contributed by atoms with van der Waals surface area (Å²) in [7, 11) is 0. The first-order valence-corrected chi connectivity index (χ1v) is 9.28. The minimum absolute atomic E-state index is 0.0219. The third-order valence-corrected chi connectivity index (χ3v) is 4.87. The minimum Gasteiger partial charge on any atom is -0.379 e. The van der Waals surface area contributed by atoms with Crippen LogP contribution < -0.4 is 11.1 Å². The summed E-state index contributed by atoms with van der Waals surface area (Å²) in [5.41, 5.74) is 8.06. The molecule has 0 spiro atoms. The van der Waals surface area contributed by atoms with Gasteiger partial charge in [-0.05, 0) is 23.3 Å². The lowest BCUT2D eigenvalue weighted by Crippen LogP contribution is -2.44. The highest BCUT2D eigenvalue weighted by atomic mass is 19.1. The van der Waals surface area contributed by atoms with E-state index >= 15 is 0 Å². The Bertz CT molecular complexity index is 718. The Balaban J connectivity index is 1.61. The lowest BCUT2D eigenvalue weighted by molar-refractivity contribution is -0.121. The van der Waals surface area contributed by atoms with Crippen LogP contribution in [0, 0.1) is 5.82 Å². The van der Waals surface area contributed by atoms with Crippen molar-refractivity contribution in [2.75, 3.05) is 32.8 Å². The number of carbonyl (C=O) groups excluding carboxylic acids is 1. The molecule has 1 aliphatic heterocycles. The number of halogens is 1. The number of rotatable bonds is 7. The fraction of sp³-hybridized carbons (Fsp3) is 0.381. The average molecular weight is 371 g/mol. The van der Waals surface area contributed by atoms with Crippen LogP contribution in [-0.2, 0) is 9.53 Å². The number of nitrogens with zero attached hydrogens (tertiary/aromatic N) is 1. The Hall–Kier alpha value is -2.28. The fourth-order valence-electron chi connectivity index (χ4n) is 3.33. The molecule has 144 valence electrons. The van der Waals surface area contributed by atoms with Crippen molar-refractivity contribution < 1.29 is 13.9 Å². The van der Waals surface area contributed by atoms with Gasteiger partial charge in [0.05, 0.1) is 19.3 Å². The van der Waals surface area contributed by atoms with Crippen molar-refractivity contribution >= 4 is 5.91 Å². The van der Waals surface area contributed by atoms with Crippen molar-refractivity contribution in [2.45, 2.75) is 18.5 Å². The van der Waals surface area contributed by atoms with E-state index in [4.69, 9.17) is 10.5 Å². The molecule has 0 aliphatic carbocycles. The molecule has 0 bridgehead atoms. The van der Waals surface area contributed by atoms with Gasteiger partial charge in [0.25, 0.3) is 0 Å². The third kappa shape index (κ3) is 5.60. The molecule has 1 aliphatic rings. The normalized spacial score (nSPS) is 17.3. The summed E-state index contributed by atoms with van der Waals surface area (Å²) < 4.78 is 18.7. The van der Waals surface area contributed by atoms with Gasteiger partial charge in [-0.25, -0.2) is 4.39 Å². The van der Waals surface area contributed by atoms with Crippen LogP contribution in [-0.4, -0.2) is 43.7 Å². The van der Waals surface area contributed by atoms with Crippen LogP contribution >= 0.6 is 0 Å². The van der Waals surface area contributed by atoms with Crippen molar-refractivity contribution in [2.24, 2.45) is 5.73 Å². The number of hydrogen-bond donors (Lipinski definition) is 2. The van der Waals surface area contributed by atoms with Gasteiger partial charge < -0.3 is 15.8 Å². The van der Waals surface area contributed by atoms with Gasteiger partial charge in [-0.15, -0.1) is 0 Å². The van der Waals surface area contributed by atoms with Crippen LogP contribution in [0.25, 0.3) is 0 Å². The minimum atomic E-state index is -0.334. The van der Waals surface area contributed by atoms with E-state index in [0.717, 1.165) is 24.2 Å². The number of amides is 1. The maximum atomic E-state index is 13.3. The molecule has 5 nitrogen and oxygen atoms in total. The zero-order chi connectivity index (χ0) is 19.1. The smallest absolute Gasteiger partial charge is 0.221 e. The van der Waals surface area contributed by atoms with Gasteiger partial charge in [-0.1, -0.05) is 42.5 Å². The molecule has 1 heterocycles. The molecule has 3 N–H and O–H groups in total.